The van der Waals surface area contributed by atoms with Gasteiger partial charge in [-0.05, 0) is 0 Å². The molecule has 0 aromatic carbocycles. The summed E-state index contributed by atoms with van der Waals surface area (Å²) in [5.41, 5.74) is -1.58. The van der Waals surface area contributed by atoms with Crippen LogP contribution in [-0.4, -0.2) is 87.2 Å². The highest BCUT2D eigenvalue weighted by molar-refractivity contribution is 6.72. The van der Waals surface area contributed by atoms with Crippen LogP contribution in [0.2, 0.25) is 0 Å². The van der Waals surface area contributed by atoms with E-state index in [0.717, 1.165) is 0 Å². The molecule has 0 aliphatic carbocycles. The van der Waals surface area contributed by atoms with Crippen LogP contribution in [0.15, 0.2) is 0 Å². The van der Waals surface area contributed by atoms with Crippen LogP contribution in [0, 0.1) is 0 Å². The van der Waals surface area contributed by atoms with Crippen molar-refractivity contribution < 1.29 is 41.6 Å². The molecule has 2 atom stereocenters. The van der Waals surface area contributed by atoms with Crippen molar-refractivity contribution in [2.24, 2.45) is 0 Å². The molecule has 9 nitrogen and oxygen atoms in total. The Morgan fingerprint density at radius 2 is 1.26 bits per heavy atom. The van der Waals surface area contributed by atoms with Crippen LogP contribution < -0.4 is 0 Å². The van der Waals surface area contributed by atoms with Gasteiger partial charge in [0.15, 0.2) is 5.73 Å². The molecule has 0 aliphatic heterocycles. The molecule has 0 spiro atoms. The molecule has 0 saturated heterocycles. The quantitative estimate of drug-likeness (QED) is 0.388. The molecule has 0 aromatic rings. The maximum absolute atomic E-state index is 10.0. The zero-order valence-corrected chi connectivity index (χ0v) is 13.7. The minimum Gasteiger partial charge on any atom is -0.394 e. The summed E-state index contributed by atoms with van der Waals surface area (Å²) >= 11 is 0. The first-order valence-electron chi connectivity index (χ1n) is 5.33. The average Bonchev–Trinajstić information content (AvgIpc) is 2.48. The first-order valence-corrected chi connectivity index (χ1v) is 8.77. The molecule has 0 heterocycles. The molecule has 0 fully saturated rings. The molecular weight excluding hydrogens is 296 g/mol. The Balaban J connectivity index is 5.28. The van der Waals surface area contributed by atoms with E-state index in [2.05, 4.69) is 0 Å². The summed E-state index contributed by atoms with van der Waals surface area (Å²) in [6, 6.07) is 0. The predicted octanol–water partition coefficient (Wildman–Crippen LogP) is -2.14. The van der Waals surface area contributed by atoms with Crippen LogP contribution >= 0.6 is 0 Å². The van der Waals surface area contributed by atoms with Crippen molar-refractivity contribution in [2.45, 2.75) is 11.8 Å². The van der Waals surface area contributed by atoms with E-state index < -0.39 is 36.3 Å². The van der Waals surface area contributed by atoms with Gasteiger partial charge in [-0.1, -0.05) is 0 Å². The van der Waals surface area contributed by atoms with Gasteiger partial charge >= 0.3 is 17.9 Å². The fraction of sp³-hybridized carbons (Fsp3) is 1.00. The van der Waals surface area contributed by atoms with Crippen LogP contribution in [0.4, 0.5) is 0 Å². The fourth-order valence-electron chi connectivity index (χ4n) is 1.35. The molecule has 11 heteroatoms. The molecule has 0 bridgehead atoms. The summed E-state index contributed by atoms with van der Waals surface area (Å²) in [7, 11) is -0.963. The normalized spacial score (nSPS) is 16.4. The smallest absolute Gasteiger partial charge is 0.394 e. The highest BCUT2D eigenvalue weighted by Gasteiger charge is 2.60. The molecule has 0 radical (unpaired) electrons. The van der Waals surface area contributed by atoms with Crippen molar-refractivity contribution >= 4 is 17.9 Å². The van der Waals surface area contributed by atoms with Gasteiger partial charge in [-0.25, -0.2) is 0 Å². The number of aliphatic hydroxyl groups excluding tert-OH is 3. The van der Waals surface area contributed by atoms with Crippen LogP contribution in [0.1, 0.15) is 0 Å². The molecule has 0 rings (SSSR count). The Bertz CT molecular complexity index is 238. The zero-order chi connectivity index (χ0) is 15.1. The number of rotatable bonds is 10. The first-order chi connectivity index (χ1) is 8.90. The van der Waals surface area contributed by atoms with E-state index in [4.69, 9.17) is 31.4 Å². The lowest BCUT2D eigenvalue weighted by atomic mass is 10.4. The summed E-state index contributed by atoms with van der Waals surface area (Å²) in [5.74, 6) is 0. The fourth-order valence-corrected chi connectivity index (χ4v) is 6.62. The number of aliphatic hydroxyl groups is 3. The van der Waals surface area contributed by atoms with Gasteiger partial charge in [-0.15, -0.1) is 0 Å². The number of hydrogen-bond acceptors (Lipinski definition) is 9. The van der Waals surface area contributed by atoms with E-state index in [9.17, 15) is 10.2 Å². The standard InChI is InChI=1S/C8H22O9Si2/c1-12-18(13-2,8(11)7(10)6-9)17-19(14-3,15-4)16-5/h7-11H,6H2,1-5H3. The van der Waals surface area contributed by atoms with Crippen molar-refractivity contribution in [3.63, 3.8) is 0 Å². The van der Waals surface area contributed by atoms with Gasteiger partial charge in [-0.3, -0.25) is 0 Å². The Hall–Kier alpha value is 0.0738. The second kappa shape index (κ2) is 8.38. The molecule has 2 unspecified atom stereocenters. The summed E-state index contributed by atoms with van der Waals surface area (Å²) in [6.45, 7) is -0.687. The molecule has 0 saturated carbocycles. The second-order valence-electron chi connectivity index (χ2n) is 3.42. The topological polar surface area (TPSA) is 116 Å². The van der Waals surface area contributed by atoms with E-state index in [1.165, 1.54) is 35.5 Å². The zero-order valence-electron chi connectivity index (χ0n) is 11.7. The van der Waals surface area contributed by atoms with E-state index in [0.29, 0.717) is 0 Å². The minimum absolute atomic E-state index is 0.687. The highest BCUT2D eigenvalue weighted by Crippen LogP contribution is 2.22. The molecule has 3 N–H and O–H groups in total. The average molecular weight is 318 g/mol. The van der Waals surface area contributed by atoms with Gasteiger partial charge in [0.25, 0.3) is 0 Å². The maximum atomic E-state index is 10.0. The molecule has 0 amide bonds. The lowest BCUT2D eigenvalue weighted by Gasteiger charge is -2.36. The van der Waals surface area contributed by atoms with E-state index in [-0.39, 0.29) is 0 Å². The molecular formula is C8H22O9Si2. The third-order valence-electron chi connectivity index (χ3n) is 2.50. The van der Waals surface area contributed by atoms with Crippen LogP contribution in [0.25, 0.3) is 0 Å². The van der Waals surface area contributed by atoms with Crippen LogP contribution in [0.5, 0.6) is 0 Å². The first kappa shape index (κ1) is 19.1. The van der Waals surface area contributed by atoms with Crippen LogP contribution in [-0.2, 0) is 26.2 Å². The maximum Gasteiger partial charge on any atom is 0.671 e. The minimum atomic E-state index is -3.80. The van der Waals surface area contributed by atoms with Crippen molar-refractivity contribution in [1.82, 2.24) is 0 Å². The van der Waals surface area contributed by atoms with Gasteiger partial charge in [-0.2, -0.15) is 0 Å². The van der Waals surface area contributed by atoms with Gasteiger partial charge in [0, 0.05) is 35.5 Å². The highest BCUT2D eigenvalue weighted by atomic mass is 28.5. The van der Waals surface area contributed by atoms with Gasteiger partial charge in [0.1, 0.15) is 6.10 Å². The predicted molar refractivity (Wildman–Crippen MR) is 66.7 cm³/mol. The van der Waals surface area contributed by atoms with Gasteiger partial charge < -0.3 is 41.6 Å². The lowest BCUT2D eigenvalue weighted by Crippen LogP contribution is -2.67. The summed E-state index contributed by atoms with van der Waals surface area (Å²) in [4.78, 5) is 0. The Labute approximate surface area is 114 Å². The Kier molecular flexibility index (Phi) is 8.41. The van der Waals surface area contributed by atoms with Crippen molar-refractivity contribution in [2.75, 3.05) is 42.2 Å². The Morgan fingerprint density at radius 1 is 0.842 bits per heavy atom. The van der Waals surface area contributed by atoms with E-state index in [1.54, 1.807) is 0 Å². The largest absolute Gasteiger partial charge is 0.671 e. The van der Waals surface area contributed by atoms with Crippen molar-refractivity contribution in [3.05, 3.63) is 0 Å². The van der Waals surface area contributed by atoms with Crippen molar-refractivity contribution in [3.8, 4) is 0 Å². The molecule has 19 heavy (non-hydrogen) atoms. The van der Waals surface area contributed by atoms with Gasteiger partial charge in [0.2, 0.25) is 0 Å². The van der Waals surface area contributed by atoms with E-state index in [1.807, 2.05) is 0 Å². The summed E-state index contributed by atoms with van der Waals surface area (Å²) in [5, 5.41) is 28.4. The monoisotopic (exact) mass is 318 g/mol. The second-order valence-corrected chi connectivity index (χ2v) is 9.08. The van der Waals surface area contributed by atoms with E-state index >= 15 is 0 Å². The molecule has 116 valence electrons. The molecule has 0 aliphatic rings. The van der Waals surface area contributed by atoms with Gasteiger partial charge in [0.05, 0.1) is 6.61 Å². The van der Waals surface area contributed by atoms with Crippen LogP contribution in [0.3, 0.4) is 0 Å². The summed E-state index contributed by atoms with van der Waals surface area (Å²) in [6.07, 6.45) is -1.50. The number of hydrogen-bond donors (Lipinski definition) is 3. The summed E-state index contributed by atoms with van der Waals surface area (Å²) < 4.78 is 30.9. The third-order valence-corrected chi connectivity index (χ3v) is 8.39. The Morgan fingerprint density at radius 3 is 1.53 bits per heavy atom. The SMILES string of the molecule is CO[Si](OC)(OC)O[Si](OC)(OC)C(O)C(O)CO. The molecule has 0 aromatic heterocycles. The third kappa shape index (κ3) is 4.27. The lowest BCUT2D eigenvalue weighted by molar-refractivity contribution is -0.0434. The van der Waals surface area contributed by atoms with Crippen molar-refractivity contribution in [1.29, 1.82) is 0 Å².